The molecule has 0 aliphatic rings. The molecule has 1 amide bonds. The molecule has 0 aromatic heterocycles. The number of hydrogen-bond donors (Lipinski definition) is 1. The van der Waals surface area contributed by atoms with E-state index in [0.29, 0.717) is 0 Å². The van der Waals surface area contributed by atoms with E-state index in [1.54, 1.807) is 0 Å². The molecule has 0 fully saturated rings. The molecule has 2 heteroatoms. The number of carbonyl (C=O) groups excluding carboxylic acids is 1. The third-order valence-electron chi connectivity index (χ3n) is 2.37. The van der Waals surface area contributed by atoms with Gasteiger partial charge in [0.15, 0.2) is 0 Å². The Labute approximate surface area is 68.5 Å². The van der Waals surface area contributed by atoms with Crippen LogP contribution in [0.25, 0.3) is 0 Å². The van der Waals surface area contributed by atoms with Crippen molar-refractivity contribution < 1.29 is 4.79 Å². The van der Waals surface area contributed by atoms with Crippen molar-refractivity contribution in [1.29, 1.82) is 0 Å². The number of allylic oxidation sites excluding steroid dienone is 2. The summed E-state index contributed by atoms with van der Waals surface area (Å²) in [5.41, 5.74) is 6.38. The van der Waals surface area contributed by atoms with E-state index in [0.717, 1.165) is 0 Å². The van der Waals surface area contributed by atoms with Gasteiger partial charge in [0.1, 0.15) is 0 Å². The van der Waals surface area contributed by atoms with E-state index in [-0.39, 0.29) is 17.7 Å². The van der Waals surface area contributed by atoms with Crippen molar-refractivity contribution >= 4 is 5.91 Å². The number of carbonyl (C=O) groups is 1. The van der Waals surface area contributed by atoms with E-state index in [1.165, 1.54) is 5.57 Å². The first kappa shape index (κ1) is 10.2. The molecule has 0 aromatic rings. The van der Waals surface area contributed by atoms with Gasteiger partial charge in [-0.05, 0) is 19.8 Å². The molecular formula is C9H17NO. The molecule has 2 atom stereocenters. The van der Waals surface area contributed by atoms with E-state index >= 15 is 0 Å². The standard InChI is InChI=1S/C9H17NO/c1-5-6(2)7(3)8(4)9(10)11/h5,7-8H,1-4H3,(H2,10,11)/b6-5+/t7-,8-/m1/s1. The third-order valence-corrected chi connectivity index (χ3v) is 2.37. The first-order valence-corrected chi connectivity index (χ1v) is 3.92. The van der Waals surface area contributed by atoms with Gasteiger partial charge in [-0.1, -0.05) is 25.5 Å². The Balaban J connectivity index is 4.24. The molecule has 0 aromatic carbocycles. The smallest absolute Gasteiger partial charge is 0.220 e. The van der Waals surface area contributed by atoms with Gasteiger partial charge in [-0.25, -0.2) is 0 Å². The molecule has 0 radical (unpaired) electrons. The highest BCUT2D eigenvalue weighted by Crippen LogP contribution is 2.18. The van der Waals surface area contributed by atoms with Crippen molar-refractivity contribution in [2.24, 2.45) is 17.6 Å². The summed E-state index contributed by atoms with van der Waals surface area (Å²) < 4.78 is 0. The fraction of sp³-hybridized carbons (Fsp3) is 0.667. The highest BCUT2D eigenvalue weighted by molar-refractivity contribution is 5.76. The highest BCUT2D eigenvalue weighted by Gasteiger charge is 2.17. The first-order valence-electron chi connectivity index (χ1n) is 3.92. The van der Waals surface area contributed by atoms with Crippen LogP contribution < -0.4 is 5.73 Å². The Hall–Kier alpha value is -0.790. The maximum Gasteiger partial charge on any atom is 0.220 e. The zero-order valence-corrected chi connectivity index (χ0v) is 7.72. The summed E-state index contributed by atoms with van der Waals surface area (Å²) in [6, 6.07) is 0. The Morgan fingerprint density at radius 2 is 1.82 bits per heavy atom. The Morgan fingerprint density at radius 1 is 1.36 bits per heavy atom. The number of hydrogen-bond acceptors (Lipinski definition) is 1. The molecule has 2 nitrogen and oxygen atoms in total. The van der Waals surface area contributed by atoms with Gasteiger partial charge in [-0.3, -0.25) is 4.79 Å². The number of amides is 1. The van der Waals surface area contributed by atoms with Crippen LogP contribution in [0.3, 0.4) is 0 Å². The molecule has 2 N–H and O–H groups in total. The van der Waals surface area contributed by atoms with E-state index in [9.17, 15) is 4.79 Å². The van der Waals surface area contributed by atoms with Crippen molar-refractivity contribution in [2.45, 2.75) is 27.7 Å². The monoisotopic (exact) mass is 155 g/mol. The lowest BCUT2D eigenvalue weighted by Crippen LogP contribution is -2.26. The molecule has 0 heterocycles. The Morgan fingerprint density at radius 3 is 2.09 bits per heavy atom. The predicted octanol–water partition coefficient (Wildman–Crippen LogP) is 1.71. The largest absolute Gasteiger partial charge is 0.369 e. The predicted molar refractivity (Wildman–Crippen MR) is 47.0 cm³/mol. The summed E-state index contributed by atoms with van der Waals surface area (Å²) >= 11 is 0. The Kier molecular flexibility index (Phi) is 3.86. The molecule has 11 heavy (non-hydrogen) atoms. The van der Waals surface area contributed by atoms with Crippen molar-refractivity contribution in [3.8, 4) is 0 Å². The summed E-state index contributed by atoms with van der Waals surface area (Å²) in [6.07, 6.45) is 2.02. The summed E-state index contributed by atoms with van der Waals surface area (Å²) in [5, 5.41) is 0. The molecule has 0 aliphatic heterocycles. The van der Waals surface area contributed by atoms with Crippen LogP contribution >= 0.6 is 0 Å². The summed E-state index contributed by atoms with van der Waals surface area (Å²) in [6.45, 7) is 7.87. The second-order valence-corrected chi connectivity index (χ2v) is 3.01. The molecule has 0 saturated carbocycles. The van der Waals surface area contributed by atoms with Crippen LogP contribution in [0.1, 0.15) is 27.7 Å². The molecule has 0 unspecified atom stereocenters. The summed E-state index contributed by atoms with van der Waals surface area (Å²) in [4.78, 5) is 10.8. The van der Waals surface area contributed by atoms with Gasteiger partial charge in [0.25, 0.3) is 0 Å². The second-order valence-electron chi connectivity index (χ2n) is 3.01. The molecule has 0 bridgehead atoms. The number of primary amides is 1. The van der Waals surface area contributed by atoms with Gasteiger partial charge < -0.3 is 5.73 Å². The van der Waals surface area contributed by atoms with E-state index in [4.69, 9.17) is 5.73 Å². The van der Waals surface area contributed by atoms with Crippen LogP contribution in [0.15, 0.2) is 11.6 Å². The number of rotatable bonds is 3. The lowest BCUT2D eigenvalue weighted by molar-refractivity contribution is -0.122. The third kappa shape index (κ3) is 2.74. The SMILES string of the molecule is C/C=C(\C)[C@@H](C)[C@@H](C)C(N)=O. The van der Waals surface area contributed by atoms with Crippen LogP contribution in [0.5, 0.6) is 0 Å². The summed E-state index contributed by atoms with van der Waals surface area (Å²) in [5.74, 6) is -0.0256. The average molecular weight is 155 g/mol. The maximum absolute atomic E-state index is 10.8. The molecule has 64 valence electrons. The highest BCUT2D eigenvalue weighted by atomic mass is 16.1. The molecule has 0 saturated heterocycles. The average Bonchev–Trinajstić information content (AvgIpc) is 2.00. The molecule has 0 spiro atoms. The van der Waals surface area contributed by atoms with E-state index < -0.39 is 0 Å². The van der Waals surface area contributed by atoms with Crippen LogP contribution in [0, 0.1) is 11.8 Å². The molecule has 0 aliphatic carbocycles. The minimum absolute atomic E-state index is 0.0637. The van der Waals surface area contributed by atoms with Crippen LogP contribution in [0.4, 0.5) is 0 Å². The molecular weight excluding hydrogens is 138 g/mol. The van der Waals surface area contributed by atoms with Gasteiger partial charge in [-0.2, -0.15) is 0 Å². The van der Waals surface area contributed by atoms with Crippen molar-refractivity contribution in [3.05, 3.63) is 11.6 Å². The normalized spacial score (nSPS) is 17.6. The fourth-order valence-corrected chi connectivity index (χ4v) is 0.904. The maximum atomic E-state index is 10.8. The van der Waals surface area contributed by atoms with Crippen molar-refractivity contribution in [2.75, 3.05) is 0 Å². The zero-order chi connectivity index (χ0) is 9.02. The minimum Gasteiger partial charge on any atom is -0.369 e. The second kappa shape index (κ2) is 4.16. The van der Waals surface area contributed by atoms with Gasteiger partial charge in [0, 0.05) is 5.92 Å². The zero-order valence-electron chi connectivity index (χ0n) is 7.72. The fourth-order valence-electron chi connectivity index (χ4n) is 0.904. The van der Waals surface area contributed by atoms with Gasteiger partial charge in [0.2, 0.25) is 5.91 Å². The summed E-state index contributed by atoms with van der Waals surface area (Å²) in [7, 11) is 0. The van der Waals surface area contributed by atoms with Gasteiger partial charge in [0.05, 0.1) is 0 Å². The Bertz CT molecular complexity index is 172. The number of nitrogens with two attached hydrogens (primary N) is 1. The van der Waals surface area contributed by atoms with E-state index in [1.807, 2.05) is 33.8 Å². The van der Waals surface area contributed by atoms with Crippen LogP contribution in [-0.4, -0.2) is 5.91 Å². The van der Waals surface area contributed by atoms with Crippen LogP contribution in [0.2, 0.25) is 0 Å². The lowest BCUT2D eigenvalue weighted by Gasteiger charge is -2.16. The minimum atomic E-state index is -0.223. The van der Waals surface area contributed by atoms with Gasteiger partial charge >= 0.3 is 0 Å². The van der Waals surface area contributed by atoms with Crippen molar-refractivity contribution in [3.63, 3.8) is 0 Å². The van der Waals surface area contributed by atoms with E-state index in [2.05, 4.69) is 0 Å². The molecule has 0 rings (SSSR count). The van der Waals surface area contributed by atoms with Crippen LogP contribution in [-0.2, 0) is 4.79 Å². The topological polar surface area (TPSA) is 43.1 Å². The quantitative estimate of drug-likeness (QED) is 0.619. The van der Waals surface area contributed by atoms with Gasteiger partial charge in [-0.15, -0.1) is 0 Å². The first-order chi connectivity index (χ1) is 5.00. The van der Waals surface area contributed by atoms with Crippen molar-refractivity contribution in [1.82, 2.24) is 0 Å². The lowest BCUT2D eigenvalue weighted by atomic mass is 9.89.